The van der Waals surface area contributed by atoms with Gasteiger partial charge in [-0.05, 0) is 22.6 Å². The van der Waals surface area contributed by atoms with E-state index < -0.39 is 0 Å². The molecular weight excluding hydrogens is 284 g/mol. The molecule has 1 aliphatic rings. The van der Waals surface area contributed by atoms with E-state index in [2.05, 4.69) is 63.2 Å². The molecule has 3 rings (SSSR count). The van der Waals surface area contributed by atoms with Crippen LogP contribution in [0.1, 0.15) is 44.7 Å². The van der Waals surface area contributed by atoms with Gasteiger partial charge in [-0.15, -0.1) is 0 Å². The van der Waals surface area contributed by atoms with Crippen LogP contribution in [0.15, 0.2) is 54.6 Å². The Morgan fingerprint density at radius 3 is 2.22 bits per heavy atom. The molecule has 2 nitrogen and oxygen atoms in total. The Balaban J connectivity index is 1.49. The van der Waals surface area contributed by atoms with Gasteiger partial charge in [0.25, 0.3) is 0 Å². The van der Waals surface area contributed by atoms with Crippen molar-refractivity contribution in [3.05, 3.63) is 65.7 Å². The van der Waals surface area contributed by atoms with E-state index in [9.17, 15) is 0 Å². The maximum atomic E-state index is 6.21. The van der Waals surface area contributed by atoms with Crippen molar-refractivity contribution in [1.82, 2.24) is 0 Å². The minimum Gasteiger partial charge on any atom is -0.490 e. The van der Waals surface area contributed by atoms with Gasteiger partial charge in [-0.3, -0.25) is 0 Å². The Bertz CT molecular complexity index is 622. The van der Waals surface area contributed by atoms with Gasteiger partial charge in [0, 0.05) is 12.8 Å². The second-order valence-corrected chi connectivity index (χ2v) is 7.38. The van der Waals surface area contributed by atoms with Crippen LogP contribution in [0.2, 0.25) is 0 Å². The Morgan fingerprint density at radius 2 is 1.52 bits per heavy atom. The second kappa shape index (κ2) is 6.76. The summed E-state index contributed by atoms with van der Waals surface area (Å²) in [5.74, 6) is 1.02. The van der Waals surface area contributed by atoms with Crippen molar-refractivity contribution in [1.29, 1.82) is 0 Å². The lowest BCUT2D eigenvalue weighted by molar-refractivity contribution is -0.0687. The van der Waals surface area contributed by atoms with Gasteiger partial charge in [0.2, 0.25) is 0 Å². The molecule has 2 aromatic rings. The number of rotatable bonds is 5. The monoisotopic (exact) mass is 310 g/mol. The fourth-order valence-corrected chi connectivity index (χ4v) is 2.91. The minimum absolute atomic E-state index is 0.101. The predicted molar refractivity (Wildman–Crippen MR) is 93.8 cm³/mol. The lowest BCUT2D eigenvalue weighted by Crippen LogP contribution is -2.39. The fraction of sp³-hybridized carbons (Fsp3) is 0.429. The number of ether oxygens (including phenoxy) is 2. The van der Waals surface area contributed by atoms with E-state index in [0.29, 0.717) is 12.7 Å². The van der Waals surface area contributed by atoms with E-state index >= 15 is 0 Å². The summed E-state index contributed by atoms with van der Waals surface area (Å²) < 4.78 is 12.2. The molecule has 122 valence electrons. The lowest BCUT2D eigenvalue weighted by atomic mass is 9.86. The lowest BCUT2D eigenvalue weighted by Gasteiger charge is -2.36. The van der Waals surface area contributed by atoms with E-state index in [1.165, 1.54) is 11.1 Å². The number of para-hydroxylation sites is 1. The molecule has 0 saturated heterocycles. The molecular formula is C21H26O2. The maximum Gasteiger partial charge on any atom is 0.123 e. The molecule has 2 heteroatoms. The van der Waals surface area contributed by atoms with Crippen LogP contribution in [0.5, 0.6) is 5.75 Å². The topological polar surface area (TPSA) is 18.5 Å². The molecule has 0 N–H and O–H groups in total. The van der Waals surface area contributed by atoms with Gasteiger partial charge in [-0.1, -0.05) is 69.3 Å². The van der Waals surface area contributed by atoms with Gasteiger partial charge in [-0.2, -0.15) is 0 Å². The molecule has 0 heterocycles. The molecule has 0 aliphatic heterocycles. The zero-order chi connectivity index (χ0) is 16.3. The second-order valence-electron chi connectivity index (χ2n) is 7.38. The highest BCUT2D eigenvalue weighted by Gasteiger charge is 2.32. The summed E-state index contributed by atoms with van der Waals surface area (Å²) in [5, 5.41) is 0. The standard InChI is InChI=1S/C21H26O2/c1-21(2,3)19-11-7-8-12-20(19)23-18-13-17(14-18)22-15-16-9-5-4-6-10-16/h4-12,17-18H,13-15H2,1-3H3. The normalized spacial score (nSPS) is 20.8. The Kier molecular flexibility index (Phi) is 4.72. The van der Waals surface area contributed by atoms with Gasteiger partial charge in [-0.25, -0.2) is 0 Å². The minimum atomic E-state index is 0.101. The molecule has 1 aliphatic carbocycles. The third kappa shape index (κ3) is 4.14. The van der Waals surface area contributed by atoms with E-state index in [1.807, 2.05) is 12.1 Å². The van der Waals surface area contributed by atoms with Gasteiger partial charge in [0.1, 0.15) is 11.9 Å². The smallest absolute Gasteiger partial charge is 0.123 e. The first-order valence-electron chi connectivity index (χ1n) is 8.44. The van der Waals surface area contributed by atoms with Gasteiger partial charge in [0.05, 0.1) is 12.7 Å². The van der Waals surface area contributed by atoms with Crippen molar-refractivity contribution in [3.63, 3.8) is 0 Å². The van der Waals surface area contributed by atoms with Crippen LogP contribution >= 0.6 is 0 Å². The summed E-state index contributed by atoms with van der Waals surface area (Å²) >= 11 is 0. The van der Waals surface area contributed by atoms with E-state index in [0.717, 1.165) is 18.6 Å². The Morgan fingerprint density at radius 1 is 0.870 bits per heavy atom. The molecule has 0 unspecified atom stereocenters. The van der Waals surface area contributed by atoms with Crippen LogP contribution in [-0.2, 0) is 16.8 Å². The summed E-state index contributed by atoms with van der Waals surface area (Å²) in [6, 6.07) is 18.7. The average molecular weight is 310 g/mol. The summed E-state index contributed by atoms with van der Waals surface area (Å²) in [4.78, 5) is 0. The molecule has 2 aromatic carbocycles. The van der Waals surface area contributed by atoms with Crippen LogP contribution in [0.3, 0.4) is 0 Å². The predicted octanol–water partition coefficient (Wildman–Crippen LogP) is 5.11. The summed E-state index contributed by atoms with van der Waals surface area (Å²) in [6.07, 6.45) is 2.55. The number of benzene rings is 2. The summed E-state index contributed by atoms with van der Waals surface area (Å²) in [7, 11) is 0. The molecule has 0 aromatic heterocycles. The summed E-state index contributed by atoms with van der Waals surface area (Å²) in [5.41, 5.74) is 2.60. The quantitative estimate of drug-likeness (QED) is 0.764. The highest BCUT2D eigenvalue weighted by Crippen LogP contribution is 2.35. The average Bonchev–Trinajstić information content (AvgIpc) is 2.50. The van der Waals surface area contributed by atoms with Gasteiger partial charge in [0.15, 0.2) is 0 Å². The highest BCUT2D eigenvalue weighted by atomic mass is 16.5. The van der Waals surface area contributed by atoms with Crippen LogP contribution in [0.4, 0.5) is 0 Å². The molecule has 0 amide bonds. The first kappa shape index (κ1) is 16.1. The molecule has 0 atom stereocenters. The third-order valence-corrected chi connectivity index (χ3v) is 4.37. The van der Waals surface area contributed by atoms with Gasteiger partial charge >= 0.3 is 0 Å². The molecule has 1 fully saturated rings. The number of hydrogen-bond donors (Lipinski definition) is 0. The summed E-state index contributed by atoms with van der Waals surface area (Å²) in [6.45, 7) is 7.36. The van der Waals surface area contributed by atoms with Crippen LogP contribution < -0.4 is 4.74 Å². The van der Waals surface area contributed by atoms with E-state index in [1.54, 1.807) is 0 Å². The molecule has 23 heavy (non-hydrogen) atoms. The van der Waals surface area contributed by atoms with Crippen molar-refractivity contribution in [3.8, 4) is 5.75 Å². The van der Waals surface area contributed by atoms with Crippen molar-refractivity contribution < 1.29 is 9.47 Å². The Labute approximate surface area is 139 Å². The molecule has 0 bridgehead atoms. The van der Waals surface area contributed by atoms with Crippen molar-refractivity contribution in [2.45, 2.75) is 57.8 Å². The molecule has 0 spiro atoms. The molecule has 1 saturated carbocycles. The SMILES string of the molecule is CC(C)(C)c1ccccc1OC1CC(OCc2ccccc2)C1. The maximum absolute atomic E-state index is 6.21. The first-order valence-corrected chi connectivity index (χ1v) is 8.44. The zero-order valence-corrected chi connectivity index (χ0v) is 14.3. The van der Waals surface area contributed by atoms with Crippen LogP contribution in [0.25, 0.3) is 0 Å². The van der Waals surface area contributed by atoms with Crippen LogP contribution in [-0.4, -0.2) is 12.2 Å². The molecule has 0 radical (unpaired) electrons. The first-order chi connectivity index (χ1) is 11.0. The van der Waals surface area contributed by atoms with E-state index in [4.69, 9.17) is 9.47 Å². The van der Waals surface area contributed by atoms with Crippen molar-refractivity contribution in [2.75, 3.05) is 0 Å². The van der Waals surface area contributed by atoms with Crippen molar-refractivity contribution in [2.24, 2.45) is 0 Å². The van der Waals surface area contributed by atoms with Crippen molar-refractivity contribution >= 4 is 0 Å². The van der Waals surface area contributed by atoms with E-state index in [-0.39, 0.29) is 11.5 Å². The number of hydrogen-bond acceptors (Lipinski definition) is 2. The fourth-order valence-electron chi connectivity index (χ4n) is 2.91. The largest absolute Gasteiger partial charge is 0.490 e. The van der Waals surface area contributed by atoms with Gasteiger partial charge < -0.3 is 9.47 Å². The highest BCUT2D eigenvalue weighted by molar-refractivity contribution is 5.38. The Hall–Kier alpha value is -1.80. The zero-order valence-electron chi connectivity index (χ0n) is 14.3. The van der Waals surface area contributed by atoms with Crippen LogP contribution in [0, 0.1) is 0 Å². The third-order valence-electron chi connectivity index (χ3n) is 4.37.